The van der Waals surface area contributed by atoms with Crippen LogP contribution in [0.5, 0.6) is 5.88 Å². The van der Waals surface area contributed by atoms with Crippen LogP contribution in [0.3, 0.4) is 0 Å². The van der Waals surface area contributed by atoms with E-state index >= 15 is 0 Å². The van der Waals surface area contributed by atoms with E-state index in [0.29, 0.717) is 30.6 Å². The standard InChI is InChI=1S/C27H40N4O5/c1-20-17-31(21(2)19-32)27(34)23-15-22(9-8-14-35-4)16-28-26(23)36-24(20)18-29(3)25(33)10-13-30-11-6-5-7-12-30/h15-16,20-21,24,32H,5-7,10-14,17-19H2,1-4H3/t20-,21-,24-/m0/s1. The Labute approximate surface area is 214 Å². The lowest BCUT2D eigenvalue weighted by atomic mass is 9.99. The van der Waals surface area contributed by atoms with Crippen LogP contribution in [0.4, 0.5) is 0 Å². The Morgan fingerprint density at radius 2 is 2.11 bits per heavy atom. The summed E-state index contributed by atoms with van der Waals surface area (Å²) < 4.78 is 11.3. The molecule has 9 nitrogen and oxygen atoms in total. The van der Waals surface area contributed by atoms with Crippen LogP contribution in [0.1, 0.15) is 55.5 Å². The molecule has 1 aromatic heterocycles. The molecule has 0 aliphatic carbocycles. The van der Waals surface area contributed by atoms with E-state index in [-0.39, 0.29) is 49.0 Å². The van der Waals surface area contributed by atoms with E-state index in [4.69, 9.17) is 9.47 Å². The van der Waals surface area contributed by atoms with E-state index < -0.39 is 0 Å². The fourth-order valence-electron chi connectivity index (χ4n) is 4.60. The van der Waals surface area contributed by atoms with E-state index in [0.717, 1.165) is 19.6 Å². The van der Waals surface area contributed by atoms with E-state index in [1.165, 1.54) is 19.3 Å². The zero-order valence-corrected chi connectivity index (χ0v) is 22.0. The van der Waals surface area contributed by atoms with E-state index in [1.807, 2.05) is 13.8 Å². The largest absolute Gasteiger partial charge is 0.472 e. The van der Waals surface area contributed by atoms with Crippen LogP contribution in [-0.4, -0.2) is 109 Å². The third-order valence-corrected chi connectivity index (χ3v) is 6.94. The molecule has 1 fully saturated rings. The van der Waals surface area contributed by atoms with Gasteiger partial charge in [-0.05, 0) is 38.9 Å². The van der Waals surface area contributed by atoms with Gasteiger partial charge in [0, 0.05) is 51.3 Å². The predicted molar refractivity (Wildman–Crippen MR) is 137 cm³/mol. The van der Waals surface area contributed by atoms with Gasteiger partial charge in [-0.2, -0.15) is 0 Å². The number of aromatic nitrogens is 1. The van der Waals surface area contributed by atoms with Crippen LogP contribution in [0, 0.1) is 17.8 Å². The molecular formula is C27H40N4O5. The first-order chi connectivity index (χ1) is 17.3. The molecule has 2 aliphatic heterocycles. The number of pyridine rings is 1. The van der Waals surface area contributed by atoms with Crippen molar-refractivity contribution in [3.05, 3.63) is 23.4 Å². The number of aliphatic hydroxyl groups excluding tert-OH is 1. The topological polar surface area (TPSA) is 95.4 Å². The van der Waals surface area contributed by atoms with Crippen molar-refractivity contribution < 1.29 is 24.2 Å². The second-order valence-electron chi connectivity index (χ2n) is 9.86. The average molecular weight is 501 g/mol. The zero-order chi connectivity index (χ0) is 26.1. The van der Waals surface area contributed by atoms with Gasteiger partial charge in [0.1, 0.15) is 18.3 Å². The molecule has 198 valence electrons. The van der Waals surface area contributed by atoms with Gasteiger partial charge in [0.25, 0.3) is 5.91 Å². The molecule has 0 radical (unpaired) electrons. The minimum absolute atomic E-state index is 0.0760. The lowest BCUT2D eigenvalue weighted by Crippen LogP contribution is -2.50. The van der Waals surface area contributed by atoms with Gasteiger partial charge in [0.05, 0.1) is 19.2 Å². The lowest BCUT2D eigenvalue weighted by molar-refractivity contribution is -0.131. The van der Waals surface area contributed by atoms with E-state index in [1.54, 1.807) is 36.2 Å². The van der Waals surface area contributed by atoms with E-state index in [2.05, 4.69) is 21.7 Å². The summed E-state index contributed by atoms with van der Waals surface area (Å²) in [6.45, 7) is 7.59. The normalized spacial score (nSPS) is 21.4. The van der Waals surface area contributed by atoms with Gasteiger partial charge in [-0.15, -0.1) is 0 Å². The Morgan fingerprint density at radius 1 is 1.36 bits per heavy atom. The SMILES string of the molecule is COCC#Cc1cnc2c(c1)C(=O)N([C@@H](C)CO)C[C@H](C)[C@H](CN(C)C(=O)CCN1CCCCC1)O2. The maximum atomic E-state index is 13.4. The number of ether oxygens (including phenoxy) is 2. The van der Waals surface area contributed by atoms with Crippen molar-refractivity contribution in [3.63, 3.8) is 0 Å². The van der Waals surface area contributed by atoms with Crippen molar-refractivity contribution in [2.75, 3.05) is 60.1 Å². The maximum Gasteiger partial charge on any atom is 0.259 e. The summed E-state index contributed by atoms with van der Waals surface area (Å²) in [5.74, 6) is 5.77. The number of carbonyl (C=O) groups is 2. The fraction of sp³-hybridized carbons (Fsp3) is 0.667. The Hall–Kier alpha value is -2.67. The van der Waals surface area contributed by atoms with Gasteiger partial charge in [-0.25, -0.2) is 4.98 Å². The van der Waals surface area contributed by atoms with Crippen LogP contribution in [0.15, 0.2) is 12.3 Å². The molecular weight excluding hydrogens is 460 g/mol. The molecule has 0 spiro atoms. The Balaban J connectivity index is 1.78. The molecule has 2 aliphatic rings. The van der Waals surface area contributed by atoms with Gasteiger partial charge < -0.3 is 29.3 Å². The number of rotatable bonds is 8. The highest BCUT2D eigenvalue weighted by Crippen LogP contribution is 2.27. The number of hydrogen-bond donors (Lipinski definition) is 1. The first kappa shape index (κ1) is 27.9. The Bertz CT molecular complexity index is 953. The van der Waals surface area contributed by atoms with Crippen LogP contribution in [0.25, 0.3) is 0 Å². The summed E-state index contributed by atoms with van der Waals surface area (Å²) in [4.78, 5) is 36.5. The van der Waals surface area contributed by atoms with Crippen LogP contribution in [0.2, 0.25) is 0 Å². The maximum absolute atomic E-state index is 13.4. The highest BCUT2D eigenvalue weighted by Gasteiger charge is 2.34. The molecule has 0 unspecified atom stereocenters. The van der Waals surface area contributed by atoms with Crippen molar-refractivity contribution in [3.8, 4) is 17.7 Å². The fourth-order valence-corrected chi connectivity index (χ4v) is 4.60. The number of piperidine rings is 1. The first-order valence-corrected chi connectivity index (χ1v) is 12.9. The minimum atomic E-state index is -0.376. The van der Waals surface area contributed by atoms with Crippen LogP contribution < -0.4 is 4.74 Å². The molecule has 36 heavy (non-hydrogen) atoms. The molecule has 2 amide bonds. The van der Waals surface area contributed by atoms with Crippen molar-refractivity contribution in [1.29, 1.82) is 0 Å². The highest BCUT2D eigenvalue weighted by atomic mass is 16.5. The third kappa shape index (κ3) is 7.42. The number of nitrogens with zero attached hydrogens (tertiary/aromatic N) is 4. The number of fused-ring (bicyclic) bond motifs is 1. The molecule has 1 saturated heterocycles. The predicted octanol–water partition coefficient (Wildman–Crippen LogP) is 1.63. The smallest absolute Gasteiger partial charge is 0.259 e. The monoisotopic (exact) mass is 500 g/mol. The van der Waals surface area contributed by atoms with Crippen LogP contribution in [-0.2, 0) is 9.53 Å². The summed E-state index contributed by atoms with van der Waals surface area (Å²) in [7, 11) is 3.37. The quantitative estimate of drug-likeness (QED) is 0.542. The summed E-state index contributed by atoms with van der Waals surface area (Å²) in [6.07, 6.45) is 5.35. The number of amides is 2. The number of aliphatic hydroxyl groups is 1. The molecule has 1 N–H and O–H groups in total. The van der Waals surface area contributed by atoms with Gasteiger partial charge in [0.15, 0.2) is 0 Å². The molecule has 1 aromatic rings. The summed E-state index contributed by atoms with van der Waals surface area (Å²) in [5, 5.41) is 9.82. The van der Waals surface area contributed by atoms with Crippen LogP contribution >= 0.6 is 0 Å². The summed E-state index contributed by atoms with van der Waals surface area (Å²) in [5.41, 5.74) is 0.880. The second-order valence-corrected chi connectivity index (χ2v) is 9.86. The Morgan fingerprint density at radius 3 is 2.81 bits per heavy atom. The number of carbonyl (C=O) groups excluding carboxylic acids is 2. The Kier molecular flexibility index (Phi) is 10.5. The molecule has 9 heteroatoms. The van der Waals surface area contributed by atoms with Gasteiger partial charge in [-0.3, -0.25) is 9.59 Å². The van der Waals surface area contributed by atoms with Gasteiger partial charge >= 0.3 is 0 Å². The zero-order valence-electron chi connectivity index (χ0n) is 22.0. The van der Waals surface area contributed by atoms with Crippen molar-refractivity contribution in [1.82, 2.24) is 19.7 Å². The van der Waals surface area contributed by atoms with Crippen molar-refractivity contribution in [2.45, 2.75) is 51.7 Å². The summed E-state index contributed by atoms with van der Waals surface area (Å²) in [6, 6.07) is 1.30. The lowest BCUT2D eigenvalue weighted by Gasteiger charge is -2.37. The highest BCUT2D eigenvalue weighted by molar-refractivity contribution is 5.97. The molecule has 0 bridgehead atoms. The average Bonchev–Trinajstić information content (AvgIpc) is 2.89. The minimum Gasteiger partial charge on any atom is -0.472 e. The van der Waals surface area contributed by atoms with Gasteiger partial charge in [-0.1, -0.05) is 25.2 Å². The number of methoxy groups -OCH3 is 1. The number of likely N-dealkylation sites (N-methyl/N-ethyl adjacent to an activating group) is 1. The third-order valence-electron chi connectivity index (χ3n) is 6.94. The molecule has 0 aromatic carbocycles. The number of likely N-dealkylation sites (tertiary alicyclic amines) is 1. The molecule has 3 heterocycles. The molecule has 3 atom stereocenters. The summed E-state index contributed by atoms with van der Waals surface area (Å²) >= 11 is 0. The van der Waals surface area contributed by atoms with E-state index in [9.17, 15) is 14.7 Å². The number of hydrogen-bond acceptors (Lipinski definition) is 7. The second kappa shape index (κ2) is 13.6. The first-order valence-electron chi connectivity index (χ1n) is 12.9. The van der Waals surface area contributed by atoms with Crippen molar-refractivity contribution >= 4 is 11.8 Å². The van der Waals surface area contributed by atoms with Crippen molar-refractivity contribution in [2.24, 2.45) is 5.92 Å². The molecule has 3 rings (SSSR count). The van der Waals surface area contributed by atoms with Gasteiger partial charge in [0.2, 0.25) is 11.8 Å². The molecule has 0 saturated carbocycles.